The first-order chi connectivity index (χ1) is 12.1. The molecule has 0 radical (unpaired) electrons. The number of thioether (sulfide) groups is 1. The van der Waals surface area contributed by atoms with Crippen molar-refractivity contribution < 1.29 is 0 Å². The highest BCUT2D eigenvalue weighted by Crippen LogP contribution is 2.18. The van der Waals surface area contributed by atoms with Gasteiger partial charge in [-0.1, -0.05) is 26.0 Å². The maximum Gasteiger partial charge on any atom is 0.252 e. The number of hydrogen-bond acceptors (Lipinski definition) is 5. The fourth-order valence-corrected chi connectivity index (χ4v) is 3.57. The number of hydrogen-bond donors (Lipinski definition) is 2. The minimum absolute atomic E-state index is 0.123. The number of aromatic amines is 1. The summed E-state index contributed by atoms with van der Waals surface area (Å²) in [4.78, 5) is 21.6. The number of benzene rings is 1. The van der Waals surface area contributed by atoms with Gasteiger partial charge in [0, 0.05) is 24.1 Å². The van der Waals surface area contributed by atoms with E-state index in [4.69, 9.17) is 0 Å². The van der Waals surface area contributed by atoms with Gasteiger partial charge in [0.15, 0.2) is 0 Å². The second kappa shape index (κ2) is 8.54. The molecule has 0 bridgehead atoms. The summed E-state index contributed by atoms with van der Waals surface area (Å²) in [6.45, 7) is 7.69. The van der Waals surface area contributed by atoms with Crippen LogP contribution >= 0.6 is 11.8 Å². The van der Waals surface area contributed by atoms with Gasteiger partial charge in [0.25, 0.3) is 5.56 Å². The topological polar surface area (TPSA) is 61.0 Å². The molecule has 25 heavy (non-hydrogen) atoms. The summed E-state index contributed by atoms with van der Waals surface area (Å²) < 4.78 is 0. The Balaban J connectivity index is 1.64. The lowest BCUT2D eigenvalue weighted by atomic mass is 10.2. The van der Waals surface area contributed by atoms with Crippen molar-refractivity contribution in [2.45, 2.75) is 44.2 Å². The molecule has 2 heterocycles. The predicted octanol–water partition coefficient (Wildman–Crippen LogP) is 3.75. The van der Waals surface area contributed by atoms with Gasteiger partial charge in [-0.3, -0.25) is 14.7 Å². The number of aromatic nitrogens is 2. The van der Waals surface area contributed by atoms with Crippen molar-refractivity contribution in [3.8, 4) is 0 Å². The first kappa shape index (κ1) is 18.0. The van der Waals surface area contributed by atoms with Crippen molar-refractivity contribution in [3.63, 3.8) is 0 Å². The highest BCUT2D eigenvalue weighted by atomic mass is 32.2. The molecule has 0 unspecified atom stereocenters. The van der Waals surface area contributed by atoms with Crippen molar-refractivity contribution in [2.24, 2.45) is 0 Å². The normalized spacial score (nSPS) is 15.0. The highest BCUT2D eigenvalue weighted by Gasteiger charge is 2.11. The number of nitrogens with one attached hydrogen (secondary N) is 2. The van der Waals surface area contributed by atoms with Crippen LogP contribution in [0.5, 0.6) is 0 Å². The van der Waals surface area contributed by atoms with Crippen LogP contribution in [-0.2, 0) is 12.3 Å². The summed E-state index contributed by atoms with van der Waals surface area (Å²) in [5, 5.41) is 3.72. The molecular formula is C19H26N4OS. The van der Waals surface area contributed by atoms with Crippen LogP contribution < -0.4 is 10.9 Å². The third-order valence-corrected chi connectivity index (χ3v) is 5.31. The van der Waals surface area contributed by atoms with Crippen molar-refractivity contribution in [1.82, 2.24) is 14.9 Å². The molecule has 1 fully saturated rings. The van der Waals surface area contributed by atoms with E-state index in [1.54, 1.807) is 17.8 Å². The molecule has 1 aliphatic rings. The van der Waals surface area contributed by atoms with Crippen LogP contribution in [-0.4, -0.2) is 33.2 Å². The van der Waals surface area contributed by atoms with Gasteiger partial charge < -0.3 is 5.32 Å². The van der Waals surface area contributed by atoms with E-state index in [2.05, 4.69) is 46.2 Å². The van der Waals surface area contributed by atoms with E-state index in [0.717, 1.165) is 23.7 Å². The molecule has 2 aromatic rings. The van der Waals surface area contributed by atoms with E-state index < -0.39 is 0 Å². The smallest absolute Gasteiger partial charge is 0.252 e. The van der Waals surface area contributed by atoms with Gasteiger partial charge in [0.05, 0.1) is 5.69 Å². The Bertz CT molecular complexity index is 736. The van der Waals surface area contributed by atoms with Crippen molar-refractivity contribution in [2.75, 3.05) is 18.4 Å². The van der Waals surface area contributed by atoms with Crippen LogP contribution in [0.3, 0.4) is 0 Å². The van der Waals surface area contributed by atoms with Crippen molar-refractivity contribution >= 4 is 23.4 Å². The van der Waals surface area contributed by atoms with Crippen LogP contribution in [0.1, 0.15) is 37.9 Å². The minimum Gasteiger partial charge on any atom is -0.326 e. The molecule has 0 spiro atoms. The lowest BCUT2D eigenvalue weighted by Crippen LogP contribution is -2.18. The quantitative estimate of drug-likeness (QED) is 0.789. The van der Waals surface area contributed by atoms with Gasteiger partial charge in [-0.15, -0.1) is 0 Å². The molecule has 1 aromatic carbocycles. The van der Waals surface area contributed by atoms with Crippen molar-refractivity contribution in [1.29, 1.82) is 0 Å². The Morgan fingerprint density at radius 2 is 1.96 bits per heavy atom. The molecule has 5 nitrogen and oxygen atoms in total. The van der Waals surface area contributed by atoms with E-state index in [1.165, 1.54) is 31.5 Å². The summed E-state index contributed by atoms with van der Waals surface area (Å²) in [6, 6.07) is 9.93. The average Bonchev–Trinajstić information content (AvgIpc) is 3.07. The van der Waals surface area contributed by atoms with Gasteiger partial charge in [0.2, 0.25) is 5.95 Å². The lowest BCUT2D eigenvalue weighted by molar-refractivity contribution is 0.331. The van der Waals surface area contributed by atoms with E-state index in [9.17, 15) is 4.79 Å². The molecule has 0 saturated carbocycles. The van der Waals surface area contributed by atoms with Gasteiger partial charge in [-0.2, -0.15) is 11.8 Å². The average molecular weight is 359 g/mol. The van der Waals surface area contributed by atoms with Crippen molar-refractivity contribution in [3.05, 3.63) is 51.9 Å². The Labute approximate surface area is 153 Å². The standard InChI is InChI=1S/C19H26N4OS/c1-14(2)25-13-17-11-18(24)22-19(21-17)20-16-7-5-15(6-8-16)12-23-9-3-4-10-23/h5-8,11,14H,3-4,9-10,12-13H2,1-2H3,(H2,20,21,22,24). The molecular weight excluding hydrogens is 332 g/mol. The molecule has 0 atom stereocenters. The summed E-state index contributed by atoms with van der Waals surface area (Å²) in [6.07, 6.45) is 2.62. The Kier molecular flexibility index (Phi) is 6.15. The van der Waals surface area contributed by atoms with Crippen LogP contribution in [0.15, 0.2) is 35.1 Å². The number of likely N-dealkylation sites (tertiary alicyclic amines) is 1. The SMILES string of the molecule is CC(C)SCc1cc(=O)[nH]c(Nc2ccc(CN3CCCC3)cc2)n1. The zero-order valence-electron chi connectivity index (χ0n) is 14.9. The van der Waals surface area contributed by atoms with E-state index >= 15 is 0 Å². The zero-order valence-corrected chi connectivity index (χ0v) is 15.7. The summed E-state index contributed by atoms with van der Waals surface area (Å²) in [5.41, 5.74) is 2.93. The zero-order chi connectivity index (χ0) is 17.6. The highest BCUT2D eigenvalue weighted by molar-refractivity contribution is 7.99. The summed E-state index contributed by atoms with van der Waals surface area (Å²) >= 11 is 1.78. The number of anilines is 2. The molecule has 6 heteroatoms. The third-order valence-electron chi connectivity index (χ3n) is 4.18. The van der Waals surface area contributed by atoms with Gasteiger partial charge in [-0.25, -0.2) is 4.98 Å². The summed E-state index contributed by atoms with van der Waals surface area (Å²) in [7, 11) is 0. The lowest BCUT2D eigenvalue weighted by Gasteiger charge is -2.15. The minimum atomic E-state index is -0.123. The van der Waals surface area contributed by atoms with E-state index in [-0.39, 0.29) is 5.56 Å². The summed E-state index contributed by atoms with van der Waals surface area (Å²) in [5.74, 6) is 1.24. The molecule has 2 N–H and O–H groups in total. The van der Waals surface area contributed by atoms with E-state index in [0.29, 0.717) is 11.2 Å². The van der Waals surface area contributed by atoms with Gasteiger partial charge in [-0.05, 0) is 48.9 Å². The molecule has 134 valence electrons. The third kappa shape index (κ3) is 5.61. The Morgan fingerprint density at radius 3 is 2.64 bits per heavy atom. The van der Waals surface area contributed by atoms with Crippen LogP contribution in [0, 0.1) is 0 Å². The second-order valence-corrected chi connectivity index (χ2v) is 8.32. The maximum atomic E-state index is 11.8. The molecule has 0 amide bonds. The maximum absolute atomic E-state index is 11.8. The number of H-pyrrole nitrogens is 1. The second-order valence-electron chi connectivity index (χ2n) is 6.75. The van der Waals surface area contributed by atoms with E-state index in [1.807, 2.05) is 12.1 Å². The first-order valence-electron chi connectivity index (χ1n) is 8.88. The van der Waals surface area contributed by atoms with Crippen LogP contribution in [0.25, 0.3) is 0 Å². The van der Waals surface area contributed by atoms with Gasteiger partial charge >= 0.3 is 0 Å². The Morgan fingerprint density at radius 1 is 1.24 bits per heavy atom. The van der Waals surface area contributed by atoms with Crippen LogP contribution in [0.2, 0.25) is 0 Å². The number of rotatable bonds is 7. The molecule has 1 aliphatic heterocycles. The van der Waals surface area contributed by atoms with Crippen LogP contribution in [0.4, 0.5) is 11.6 Å². The molecule has 1 saturated heterocycles. The van der Waals surface area contributed by atoms with Gasteiger partial charge in [0.1, 0.15) is 0 Å². The monoisotopic (exact) mass is 358 g/mol. The largest absolute Gasteiger partial charge is 0.326 e. The number of nitrogens with zero attached hydrogens (tertiary/aromatic N) is 2. The molecule has 1 aromatic heterocycles. The predicted molar refractivity (Wildman–Crippen MR) is 106 cm³/mol. The molecule has 0 aliphatic carbocycles. The fraction of sp³-hybridized carbons (Fsp3) is 0.474. The molecule has 3 rings (SSSR count). The Hall–Kier alpha value is -1.79. The fourth-order valence-electron chi connectivity index (χ4n) is 2.92. The first-order valence-corrected chi connectivity index (χ1v) is 9.93.